The van der Waals surface area contributed by atoms with Crippen LogP contribution in [0, 0.1) is 5.92 Å². The van der Waals surface area contributed by atoms with Crippen molar-refractivity contribution < 1.29 is 4.79 Å². The fraction of sp³-hybridized carbons (Fsp3) is 0.421. The van der Waals surface area contributed by atoms with Gasteiger partial charge in [-0.1, -0.05) is 32.8 Å². The van der Waals surface area contributed by atoms with Crippen LogP contribution < -0.4 is 10.6 Å². The van der Waals surface area contributed by atoms with Crippen LogP contribution in [0.3, 0.4) is 0 Å². The molecule has 1 aromatic carbocycles. The number of carbonyl (C=O) groups is 1. The first-order chi connectivity index (χ1) is 11.5. The summed E-state index contributed by atoms with van der Waals surface area (Å²) in [6, 6.07) is 9.29. The number of hydrogen-bond donors (Lipinski definition) is 2. The van der Waals surface area contributed by atoms with Gasteiger partial charge in [0.2, 0.25) is 5.95 Å². The van der Waals surface area contributed by atoms with Gasteiger partial charge in [0, 0.05) is 29.7 Å². The van der Waals surface area contributed by atoms with Crippen LogP contribution in [0.15, 0.2) is 42.7 Å². The first-order valence-electron chi connectivity index (χ1n) is 8.49. The Morgan fingerprint density at radius 1 is 1.08 bits per heavy atom. The van der Waals surface area contributed by atoms with E-state index in [1.165, 1.54) is 6.42 Å². The molecule has 5 nitrogen and oxygen atoms in total. The third-order valence-electron chi connectivity index (χ3n) is 3.74. The maximum absolute atomic E-state index is 12.4. The van der Waals surface area contributed by atoms with Crippen molar-refractivity contribution in [3.63, 3.8) is 0 Å². The Bertz CT molecular complexity index is 643. The van der Waals surface area contributed by atoms with Crippen LogP contribution in [0.25, 0.3) is 0 Å². The van der Waals surface area contributed by atoms with E-state index in [1.807, 2.05) is 24.3 Å². The number of nitrogens with zero attached hydrogens (tertiary/aromatic N) is 2. The van der Waals surface area contributed by atoms with Gasteiger partial charge in [0.25, 0.3) is 5.91 Å². The summed E-state index contributed by atoms with van der Waals surface area (Å²) in [6.07, 6.45) is 6.66. The van der Waals surface area contributed by atoms with Gasteiger partial charge in [-0.05, 0) is 43.5 Å². The standard InChI is InChI=1S/C19H26N4O/c1-14(2)7-4-8-15(3)22-18(24)16-9-5-10-17(13-16)23-19-20-11-6-12-21-19/h5-6,9-15H,4,7-8H2,1-3H3,(H,22,24)(H,20,21,23). The molecular formula is C19H26N4O. The van der Waals surface area contributed by atoms with Crippen LogP contribution in [0.5, 0.6) is 0 Å². The molecule has 2 N–H and O–H groups in total. The average Bonchev–Trinajstić information content (AvgIpc) is 2.55. The molecule has 0 aliphatic rings. The van der Waals surface area contributed by atoms with Crippen molar-refractivity contribution >= 4 is 17.5 Å². The van der Waals surface area contributed by atoms with Crippen LogP contribution >= 0.6 is 0 Å². The number of carbonyl (C=O) groups excluding carboxylic acids is 1. The lowest BCUT2D eigenvalue weighted by molar-refractivity contribution is 0.0938. The van der Waals surface area contributed by atoms with E-state index in [9.17, 15) is 4.79 Å². The molecule has 1 heterocycles. The predicted molar refractivity (Wildman–Crippen MR) is 97.4 cm³/mol. The zero-order chi connectivity index (χ0) is 17.4. The monoisotopic (exact) mass is 326 g/mol. The summed E-state index contributed by atoms with van der Waals surface area (Å²) in [4.78, 5) is 20.6. The summed E-state index contributed by atoms with van der Waals surface area (Å²) >= 11 is 0. The van der Waals surface area contributed by atoms with E-state index in [2.05, 4.69) is 41.4 Å². The van der Waals surface area contributed by atoms with E-state index in [-0.39, 0.29) is 11.9 Å². The SMILES string of the molecule is CC(C)CCCC(C)NC(=O)c1cccc(Nc2ncccn2)c1. The number of rotatable bonds is 8. The zero-order valence-electron chi connectivity index (χ0n) is 14.6. The first-order valence-corrected chi connectivity index (χ1v) is 8.49. The number of amides is 1. The lowest BCUT2D eigenvalue weighted by Crippen LogP contribution is -2.32. The Morgan fingerprint density at radius 2 is 1.83 bits per heavy atom. The average molecular weight is 326 g/mol. The normalized spacial score (nSPS) is 12.0. The molecule has 128 valence electrons. The molecule has 2 rings (SSSR count). The van der Waals surface area contributed by atoms with Gasteiger partial charge in [-0.25, -0.2) is 9.97 Å². The minimum atomic E-state index is -0.0512. The van der Waals surface area contributed by atoms with Crippen LogP contribution in [0.4, 0.5) is 11.6 Å². The minimum Gasteiger partial charge on any atom is -0.350 e. The van der Waals surface area contributed by atoms with Crippen LogP contribution in [0.2, 0.25) is 0 Å². The van der Waals surface area contributed by atoms with E-state index in [1.54, 1.807) is 18.5 Å². The molecule has 0 spiro atoms. The highest BCUT2D eigenvalue weighted by molar-refractivity contribution is 5.95. The molecule has 0 saturated heterocycles. The predicted octanol–water partition coefficient (Wildman–Crippen LogP) is 4.16. The van der Waals surface area contributed by atoms with E-state index >= 15 is 0 Å². The Labute approximate surface area is 143 Å². The third-order valence-corrected chi connectivity index (χ3v) is 3.74. The van der Waals surface area contributed by atoms with Gasteiger partial charge in [-0.3, -0.25) is 4.79 Å². The Balaban J connectivity index is 1.91. The topological polar surface area (TPSA) is 66.9 Å². The van der Waals surface area contributed by atoms with Gasteiger partial charge in [-0.2, -0.15) is 0 Å². The van der Waals surface area contributed by atoms with Gasteiger partial charge in [-0.15, -0.1) is 0 Å². The summed E-state index contributed by atoms with van der Waals surface area (Å²) in [5, 5.41) is 6.16. The van der Waals surface area contributed by atoms with Gasteiger partial charge in [0.05, 0.1) is 0 Å². The summed E-state index contributed by atoms with van der Waals surface area (Å²) in [7, 11) is 0. The first kappa shape index (κ1) is 17.9. The van der Waals surface area contributed by atoms with Crippen LogP contribution in [-0.4, -0.2) is 21.9 Å². The number of anilines is 2. The van der Waals surface area contributed by atoms with Crippen molar-refractivity contribution in [2.24, 2.45) is 5.92 Å². The fourth-order valence-corrected chi connectivity index (χ4v) is 2.44. The van der Waals surface area contributed by atoms with Crippen molar-refractivity contribution in [1.29, 1.82) is 0 Å². The second-order valence-electron chi connectivity index (χ2n) is 6.48. The number of nitrogens with one attached hydrogen (secondary N) is 2. The highest BCUT2D eigenvalue weighted by Gasteiger charge is 2.10. The van der Waals surface area contributed by atoms with Crippen LogP contribution in [-0.2, 0) is 0 Å². The largest absolute Gasteiger partial charge is 0.350 e. The molecule has 0 aliphatic carbocycles. The van der Waals surface area contributed by atoms with Crippen molar-refractivity contribution in [3.05, 3.63) is 48.3 Å². The summed E-state index contributed by atoms with van der Waals surface area (Å²) < 4.78 is 0. The smallest absolute Gasteiger partial charge is 0.251 e. The highest BCUT2D eigenvalue weighted by atomic mass is 16.1. The molecule has 1 aromatic heterocycles. The zero-order valence-corrected chi connectivity index (χ0v) is 14.6. The third kappa shape index (κ3) is 5.99. The molecule has 24 heavy (non-hydrogen) atoms. The Morgan fingerprint density at radius 3 is 2.54 bits per heavy atom. The van der Waals surface area contributed by atoms with Crippen molar-refractivity contribution in [3.8, 4) is 0 Å². The lowest BCUT2D eigenvalue weighted by atomic mass is 10.0. The highest BCUT2D eigenvalue weighted by Crippen LogP contribution is 2.15. The van der Waals surface area contributed by atoms with Gasteiger partial charge in [0.15, 0.2) is 0 Å². The molecule has 2 aromatic rings. The van der Waals surface area contributed by atoms with E-state index < -0.39 is 0 Å². The Hall–Kier alpha value is -2.43. The van der Waals surface area contributed by atoms with E-state index in [0.717, 1.165) is 18.5 Å². The number of aromatic nitrogens is 2. The van der Waals surface area contributed by atoms with Gasteiger partial charge in [0.1, 0.15) is 0 Å². The summed E-state index contributed by atoms with van der Waals surface area (Å²) in [5.41, 5.74) is 1.42. The molecule has 5 heteroatoms. The maximum atomic E-state index is 12.4. The van der Waals surface area contributed by atoms with Gasteiger partial charge >= 0.3 is 0 Å². The van der Waals surface area contributed by atoms with Crippen molar-refractivity contribution in [2.75, 3.05) is 5.32 Å². The molecule has 0 fully saturated rings. The molecule has 1 amide bonds. The van der Waals surface area contributed by atoms with E-state index in [4.69, 9.17) is 0 Å². The summed E-state index contributed by atoms with van der Waals surface area (Å²) in [6.45, 7) is 6.49. The van der Waals surface area contributed by atoms with Gasteiger partial charge < -0.3 is 10.6 Å². The molecule has 1 atom stereocenters. The fourth-order valence-electron chi connectivity index (χ4n) is 2.44. The molecule has 0 saturated carbocycles. The quantitative estimate of drug-likeness (QED) is 0.764. The molecule has 0 radical (unpaired) electrons. The lowest BCUT2D eigenvalue weighted by Gasteiger charge is -2.15. The van der Waals surface area contributed by atoms with Crippen molar-refractivity contribution in [2.45, 2.75) is 46.1 Å². The minimum absolute atomic E-state index is 0.0512. The van der Waals surface area contributed by atoms with E-state index in [0.29, 0.717) is 17.4 Å². The molecule has 0 aliphatic heterocycles. The number of benzene rings is 1. The number of hydrogen-bond acceptors (Lipinski definition) is 4. The van der Waals surface area contributed by atoms with Crippen LogP contribution in [0.1, 0.15) is 50.4 Å². The summed E-state index contributed by atoms with van der Waals surface area (Å²) in [5.74, 6) is 1.16. The van der Waals surface area contributed by atoms with Crippen molar-refractivity contribution in [1.82, 2.24) is 15.3 Å². The second-order valence-corrected chi connectivity index (χ2v) is 6.48. The maximum Gasteiger partial charge on any atom is 0.251 e. The second kappa shape index (κ2) is 9.01. The molecular weight excluding hydrogens is 300 g/mol. The molecule has 0 bridgehead atoms. The Kier molecular flexibility index (Phi) is 6.73. The molecule has 1 unspecified atom stereocenters.